The quantitative estimate of drug-likeness (QED) is 0.940. The predicted molar refractivity (Wildman–Crippen MR) is 94.6 cm³/mol. The number of rotatable bonds is 3. The van der Waals surface area contributed by atoms with E-state index in [2.05, 4.69) is 11.9 Å². The van der Waals surface area contributed by atoms with E-state index in [1.807, 2.05) is 41.5 Å². The summed E-state index contributed by atoms with van der Waals surface area (Å²) < 4.78 is 0. The summed E-state index contributed by atoms with van der Waals surface area (Å²) in [5, 5.41) is 3.03. The minimum Gasteiger partial charge on any atom is -0.334 e. The van der Waals surface area contributed by atoms with Gasteiger partial charge in [0.15, 0.2) is 0 Å². The molecule has 122 valence electrons. The highest BCUT2D eigenvalue weighted by atomic mass is 32.1. The highest BCUT2D eigenvalue weighted by molar-refractivity contribution is 7.13. The van der Waals surface area contributed by atoms with E-state index in [4.69, 9.17) is 5.73 Å². The van der Waals surface area contributed by atoms with Crippen LogP contribution in [0.5, 0.6) is 0 Å². The van der Waals surface area contributed by atoms with E-state index >= 15 is 0 Å². The van der Waals surface area contributed by atoms with E-state index in [0.29, 0.717) is 12.5 Å². The third-order valence-electron chi connectivity index (χ3n) is 4.62. The number of thiazole rings is 1. The Balaban J connectivity index is 1.79. The van der Waals surface area contributed by atoms with Gasteiger partial charge in [0.1, 0.15) is 5.01 Å². The standard InChI is InChI=1S/C18H23N3OS/c1-12-4-3-9-21(16(12)10-19)18(22)15-7-5-14(6-8-15)17-20-13(2)11-23-17/h5-8,11-12,16H,3-4,9-10,19H2,1-2H3/t12-,16-/m0/s1. The van der Waals surface area contributed by atoms with Crippen LogP contribution in [0.4, 0.5) is 0 Å². The highest BCUT2D eigenvalue weighted by Gasteiger charge is 2.31. The average molecular weight is 329 g/mol. The number of aromatic nitrogens is 1. The Morgan fingerprint density at radius 3 is 2.74 bits per heavy atom. The van der Waals surface area contributed by atoms with Gasteiger partial charge >= 0.3 is 0 Å². The second-order valence-electron chi connectivity index (χ2n) is 6.29. The monoisotopic (exact) mass is 329 g/mol. The first-order valence-corrected chi connectivity index (χ1v) is 9.01. The molecule has 1 saturated heterocycles. The van der Waals surface area contributed by atoms with E-state index in [1.54, 1.807) is 11.3 Å². The molecule has 5 heteroatoms. The molecule has 1 aliphatic heterocycles. The number of hydrogen-bond donors (Lipinski definition) is 1. The lowest BCUT2D eigenvalue weighted by molar-refractivity contribution is 0.0532. The molecule has 0 aliphatic carbocycles. The molecule has 0 radical (unpaired) electrons. The lowest BCUT2D eigenvalue weighted by Crippen LogP contribution is -2.51. The molecular formula is C18H23N3OS. The summed E-state index contributed by atoms with van der Waals surface area (Å²) in [5.41, 5.74) is 8.72. The van der Waals surface area contributed by atoms with Crippen molar-refractivity contribution in [1.29, 1.82) is 0 Å². The van der Waals surface area contributed by atoms with Crippen LogP contribution in [-0.2, 0) is 0 Å². The number of hydrogen-bond acceptors (Lipinski definition) is 4. The molecule has 2 atom stereocenters. The van der Waals surface area contributed by atoms with Gasteiger partial charge in [0.05, 0.1) is 0 Å². The van der Waals surface area contributed by atoms with Gasteiger partial charge in [-0.2, -0.15) is 0 Å². The van der Waals surface area contributed by atoms with Crippen molar-refractivity contribution in [2.75, 3.05) is 13.1 Å². The summed E-state index contributed by atoms with van der Waals surface area (Å²) in [6.45, 7) is 5.51. The first-order valence-electron chi connectivity index (χ1n) is 8.13. The number of likely N-dealkylation sites (tertiary alicyclic amines) is 1. The van der Waals surface area contributed by atoms with E-state index < -0.39 is 0 Å². The predicted octanol–water partition coefficient (Wildman–Crippen LogP) is 3.32. The summed E-state index contributed by atoms with van der Waals surface area (Å²) in [4.78, 5) is 19.3. The molecule has 0 spiro atoms. The zero-order valence-corrected chi connectivity index (χ0v) is 14.5. The summed E-state index contributed by atoms with van der Waals surface area (Å²) in [5.74, 6) is 0.559. The molecule has 1 aromatic heterocycles. The van der Waals surface area contributed by atoms with Crippen molar-refractivity contribution in [3.8, 4) is 10.6 Å². The SMILES string of the molecule is Cc1csc(-c2ccc(C(=O)N3CCC[C@H](C)[C@@H]3CN)cc2)n1. The Morgan fingerprint density at radius 1 is 1.39 bits per heavy atom. The molecule has 2 aromatic rings. The van der Waals surface area contributed by atoms with Crippen LogP contribution in [0.3, 0.4) is 0 Å². The maximum atomic E-state index is 12.8. The van der Waals surface area contributed by atoms with Crippen LogP contribution < -0.4 is 5.73 Å². The van der Waals surface area contributed by atoms with Crippen molar-refractivity contribution in [3.63, 3.8) is 0 Å². The molecule has 1 fully saturated rings. The lowest BCUT2D eigenvalue weighted by Gasteiger charge is -2.39. The third-order valence-corrected chi connectivity index (χ3v) is 5.63. The zero-order chi connectivity index (χ0) is 16.4. The zero-order valence-electron chi connectivity index (χ0n) is 13.7. The molecule has 23 heavy (non-hydrogen) atoms. The van der Waals surface area contributed by atoms with Gasteiger partial charge in [-0.05, 0) is 37.8 Å². The molecule has 2 N–H and O–H groups in total. The lowest BCUT2D eigenvalue weighted by atomic mass is 9.90. The van der Waals surface area contributed by atoms with Gasteiger partial charge in [-0.25, -0.2) is 4.98 Å². The van der Waals surface area contributed by atoms with Crippen LogP contribution >= 0.6 is 11.3 Å². The minimum absolute atomic E-state index is 0.0915. The number of benzene rings is 1. The second kappa shape index (κ2) is 6.81. The summed E-state index contributed by atoms with van der Waals surface area (Å²) >= 11 is 1.63. The molecule has 0 saturated carbocycles. The summed E-state index contributed by atoms with van der Waals surface area (Å²) in [6.07, 6.45) is 2.20. The first kappa shape index (κ1) is 16.1. The minimum atomic E-state index is 0.0915. The van der Waals surface area contributed by atoms with Crippen molar-refractivity contribution in [3.05, 3.63) is 40.9 Å². The van der Waals surface area contributed by atoms with Crippen molar-refractivity contribution >= 4 is 17.2 Å². The van der Waals surface area contributed by atoms with Gasteiger partial charge in [0.25, 0.3) is 5.91 Å². The van der Waals surface area contributed by atoms with Gasteiger partial charge in [-0.3, -0.25) is 4.79 Å². The normalized spacial score (nSPS) is 21.4. The van der Waals surface area contributed by atoms with E-state index in [9.17, 15) is 4.79 Å². The number of amides is 1. The van der Waals surface area contributed by atoms with E-state index in [0.717, 1.165) is 41.2 Å². The molecule has 1 aliphatic rings. The van der Waals surface area contributed by atoms with Crippen LogP contribution in [0.1, 0.15) is 35.8 Å². The van der Waals surface area contributed by atoms with Crippen molar-refractivity contribution in [1.82, 2.24) is 9.88 Å². The second-order valence-corrected chi connectivity index (χ2v) is 7.15. The van der Waals surface area contributed by atoms with Gasteiger partial charge in [-0.15, -0.1) is 11.3 Å². The van der Waals surface area contributed by atoms with Crippen molar-refractivity contribution < 1.29 is 4.79 Å². The van der Waals surface area contributed by atoms with Crippen LogP contribution in [-0.4, -0.2) is 34.9 Å². The fraction of sp³-hybridized carbons (Fsp3) is 0.444. The topological polar surface area (TPSA) is 59.2 Å². The Hall–Kier alpha value is -1.72. The molecule has 2 heterocycles. The number of carbonyl (C=O) groups excluding carboxylic acids is 1. The van der Waals surface area contributed by atoms with Crippen molar-refractivity contribution in [2.24, 2.45) is 11.7 Å². The fourth-order valence-electron chi connectivity index (χ4n) is 3.27. The van der Waals surface area contributed by atoms with Gasteiger partial charge < -0.3 is 10.6 Å². The van der Waals surface area contributed by atoms with Gasteiger partial charge in [0, 0.05) is 41.3 Å². The number of carbonyl (C=O) groups is 1. The first-order chi connectivity index (χ1) is 11.1. The van der Waals surface area contributed by atoms with E-state index in [1.165, 1.54) is 0 Å². The highest BCUT2D eigenvalue weighted by Crippen LogP contribution is 2.26. The van der Waals surface area contributed by atoms with Gasteiger partial charge in [-0.1, -0.05) is 19.1 Å². The summed E-state index contributed by atoms with van der Waals surface area (Å²) in [7, 11) is 0. The van der Waals surface area contributed by atoms with E-state index in [-0.39, 0.29) is 11.9 Å². The number of piperidine rings is 1. The largest absolute Gasteiger partial charge is 0.334 e. The Labute approximate surface area is 141 Å². The Kier molecular flexibility index (Phi) is 4.78. The smallest absolute Gasteiger partial charge is 0.254 e. The third kappa shape index (κ3) is 3.31. The Morgan fingerprint density at radius 2 is 2.13 bits per heavy atom. The van der Waals surface area contributed by atoms with Crippen LogP contribution in [0.25, 0.3) is 10.6 Å². The number of aryl methyl sites for hydroxylation is 1. The molecule has 4 nitrogen and oxygen atoms in total. The maximum Gasteiger partial charge on any atom is 0.254 e. The van der Waals surface area contributed by atoms with Crippen LogP contribution in [0.15, 0.2) is 29.6 Å². The molecule has 0 unspecified atom stereocenters. The molecule has 1 amide bonds. The van der Waals surface area contributed by atoms with Crippen LogP contribution in [0.2, 0.25) is 0 Å². The molecule has 3 rings (SSSR count). The molecular weight excluding hydrogens is 306 g/mol. The number of nitrogens with two attached hydrogens (primary N) is 1. The van der Waals surface area contributed by atoms with Gasteiger partial charge in [0.2, 0.25) is 0 Å². The van der Waals surface area contributed by atoms with Crippen LogP contribution in [0, 0.1) is 12.8 Å². The summed E-state index contributed by atoms with van der Waals surface area (Å²) in [6, 6.07) is 7.92. The average Bonchev–Trinajstić information content (AvgIpc) is 3.00. The maximum absolute atomic E-state index is 12.8. The molecule has 1 aromatic carbocycles. The van der Waals surface area contributed by atoms with Crippen molar-refractivity contribution in [2.45, 2.75) is 32.7 Å². The fourth-order valence-corrected chi connectivity index (χ4v) is 4.07. The number of nitrogens with zero attached hydrogens (tertiary/aromatic N) is 2. The Bertz CT molecular complexity index is 680. The molecule has 0 bridgehead atoms.